The summed E-state index contributed by atoms with van der Waals surface area (Å²) < 4.78 is 11.0. The van der Waals surface area contributed by atoms with Crippen LogP contribution in [0, 0.1) is 11.8 Å². The van der Waals surface area contributed by atoms with Crippen LogP contribution in [0.3, 0.4) is 0 Å². The maximum absolute atomic E-state index is 12.6. The highest BCUT2D eigenvalue weighted by Crippen LogP contribution is 2.34. The SMILES string of the molecule is CC(C)[C@H](N)C(=O)OC[C@H]1N[C@@H](c2c[nH]c3c(N)ncnc23)[C@H](O)[C@@H]1OC(=O)[C@@H](N)C(C)C. The second-order valence-corrected chi connectivity index (χ2v) is 9.04. The number of aliphatic hydroxyl groups is 1. The molecule has 33 heavy (non-hydrogen) atoms. The maximum atomic E-state index is 12.6. The number of nitrogen functional groups attached to an aromatic ring is 1. The molecule has 0 radical (unpaired) electrons. The Labute approximate surface area is 191 Å². The number of anilines is 1. The van der Waals surface area contributed by atoms with Crippen molar-refractivity contribution in [2.75, 3.05) is 12.3 Å². The minimum atomic E-state index is -1.18. The van der Waals surface area contributed by atoms with E-state index in [9.17, 15) is 14.7 Å². The molecule has 0 aliphatic carbocycles. The molecule has 2 aromatic rings. The third kappa shape index (κ3) is 5.08. The summed E-state index contributed by atoms with van der Waals surface area (Å²) in [6.07, 6.45) is 0.769. The van der Waals surface area contributed by atoms with Crippen molar-refractivity contribution >= 4 is 28.8 Å². The molecule has 0 spiro atoms. The van der Waals surface area contributed by atoms with Crippen LogP contribution in [0.1, 0.15) is 39.3 Å². The molecule has 1 aliphatic rings. The van der Waals surface area contributed by atoms with Gasteiger partial charge in [0.05, 0.1) is 17.6 Å². The Morgan fingerprint density at radius 3 is 2.39 bits per heavy atom. The van der Waals surface area contributed by atoms with Gasteiger partial charge in [-0.15, -0.1) is 0 Å². The summed E-state index contributed by atoms with van der Waals surface area (Å²) in [5.74, 6) is -1.24. The lowest BCUT2D eigenvalue weighted by Gasteiger charge is -2.25. The van der Waals surface area contributed by atoms with E-state index in [2.05, 4.69) is 20.3 Å². The lowest BCUT2D eigenvalue weighted by atomic mass is 10.0. The lowest BCUT2D eigenvalue weighted by Crippen LogP contribution is -2.47. The number of carbonyl (C=O) groups is 2. The summed E-state index contributed by atoms with van der Waals surface area (Å²) in [6.45, 7) is 7.03. The van der Waals surface area contributed by atoms with Gasteiger partial charge in [-0.3, -0.25) is 14.9 Å². The second kappa shape index (κ2) is 10.00. The topological polar surface area (TPSA) is 204 Å². The Morgan fingerprint density at radius 2 is 1.76 bits per heavy atom. The van der Waals surface area contributed by atoms with Gasteiger partial charge >= 0.3 is 11.9 Å². The molecule has 0 saturated carbocycles. The van der Waals surface area contributed by atoms with E-state index in [-0.39, 0.29) is 24.3 Å². The molecule has 12 heteroatoms. The zero-order valence-electron chi connectivity index (χ0n) is 19.2. The van der Waals surface area contributed by atoms with Gasteiger partial charge in [-0.25, -0.2) is 9.97 Å². The van der Waals surface area contributed by atoms with E-state index in [0.29, 0.717) is 16.6 Å². The van der Waals surface area contributed by atoms with Crippen LogP contribution in [0.15, 0.2) is 12.5 Å². The first-order chi connectivity index (χ1) is 15.5. The van der Waals surface area contributed by atoms with Gasteiger partial charge in [0, 0.05) is 11.8 Å². The highest BCUT2D eigenvalue weighted by atomic mass is 16.6. The monoisotopic (exact) mass is 463 g/mol. The average molecular weight is 464 g/mol. The largest absolute Gasteiger partial charge is 0.463 e. The number of rotatable bonds is 8. The lowest BCUT2D eigenvalue weighted by molar-refractivity contribution is -0.159. The van der Waals surface area contributed by atoms with Gasteiger partial charge in [-0.2, -0.15) is 0 Å². The molecular weight excluding hydrogens is 430 g/mol. The van der Waals surface area contributed by atoms with E-state index in [4.69, 9.17) is 26.7 Å². The van der Waals surface area contributed by atoms with Gasteiger partial charge in [0.25, 0.3) is 0 Å². The normalized spacial score (nSPS) is 24.9. The van der Waals surface area contributed by atoms with Crippen LogP contribution >= 0.6 is 0 Å². The van der Waals surface area contributed by atoms with Crippen molar-refractivity contribution in [3.8, 4) is 0 Å². The molecule has 0 bridgehead atoms. The molecule has 9 N–H and O–H groups in total. The fraction of sp³-hybridized carbons (Fsp3) is 0.619. The number of aromatic nitrogens is 3. The Morgan fingerprint density at radius 1 is 1.12 bits per heavy atom. The number of aromatic amines is 1. The van der Waals surface area contributed by atoms with Crippen molar-refractivity contribution in [2.24, 2.45) is 23.3 Å². The van der Waals surface area contributed by atoms with Gasteiger partial charge in [-0.1, -0.05) is 27.7 Å². The highest BCUT2D eigenvalue weighted by Gasteiger charge is 2.47. The third-order valence-corrected chi connectivity index (χ3v) is 5.96. The Kier molecular flexibility index (Phi) is 7.52. The zero-order chi connectivity index (χ0) is 24.4. The molecule has 0 unspecified atom stereocenters. The number of nitrogens with two attached hydrogens (primary N) is 3. The van der Waals surface area contributed by atoms with E-state index >= 15 is 0 Å². The van der Waals surface area contributed by atoms with Crippen molar-refractivity contribution in [2.45, 2.75) is 64.1 Å². The number of hydrogen-bond acceptors (Lipinski definition) is 11. The maximum Gasteiger partial charge on any atom is 0.323 e. The molecule has 1 aliphatic heterocycles. The van der Waals surface area contributed by atoms with Crippen molar-refractivity contribution in [1.82, 2.24) is 20.3 Å². The quantitative estimate of drug-likeness (QED) is 0.271. The summed E-state index contributed by atoms with van der Waals surface area (Å²) in [5, 5.41) is 14.3. The fourth-order valence-corrected chi connectivity index (χ4v) is 3.66. The first kappa shape index (κ1) is 24.8. The number of esters is 2. The van der Waals surface area contributed by atoms with Gasteiger partial charge < -0.3 is 36.8 Å². The van der Waals surface area contributed by atoms with Crippen molar-refractivity contribution in [1.29, 1.82) is 0 Å². The number of aliphatic hydroxyl groups excluding tert-OH is 1. The van der Waals surface area contributed by atoms with Gasteiger partial charge in [0.2, 0.25) is 0 Å². The first-order valence-electron chi connectivity index (χ1n) is 10.9. The average Bonchev–Trinajstić information content (AvgIpc) is 3.33. The molecule has 182 valence electrons. The fourth-order valence-electron chi connectivity index (χ4n) is 3.66. The summed E-state index contributed by atoms with van der Waals surface area (Å²) in [5.41, 5.74) is 19.3. The Balaban J connectivity index is 1.85. The summed E-state index contributed by atoms with van der Waals surface area (Å²) in [4.78, 5) is 36.0. The van der Waals surface area contributed by atoms with Crippen LogP contribution in [0.2, 0.25) is 0 Å². The summed E-state index contributed by atoms with van der Waals surface area (Å²) >= 11 is 0. The van der Waals surface area contributed by atoms with Gasteiger partial charge in [0.15, 0.2) is 5.82 Å². The van der Waals surface area contributed by atoms with Crippen LogP contribution < -0.4 is 22.5 Å². The van der Waals surface area contributed by atoms with Crippen LogP contribution in [-0.2, 0) is 19.1 Å². The van der Waals surface area contributed by atoms with Crippen LogP contribution in [0.25, 0.3) is 11.0 Å². The standard InChI is InChI=1S/C21H33N7O5/c1-8(2)12(22)20(30)32-6-11-18(33-21(31)13(23)9(3)4)17(29)15(28-11)10-5-25-16-14(10)26-7-27-19(16)24/h5,7-9,11-13,15,17-18,25,28-29H,6,22-23H2,1-4H3,(H2,24,26,27)/t11-,12+,13+,15+,17+,18-/m1/s1. The molecule has 2 aromatic heterocycles. The number of H-pyrrole nitrogens is 1. The molecule has 3 rings (SSSR count). The number of carbonyl (C=O) groups excluding carboxylic acids is 2. The van der Waals surface area contributed by atoms with Crippen LogP contribution in [0.5, 0.6) is 0 Å². The van der Waals surface area contributed by atoms with Crippen molar-refractivity contribution < 1.29 is 24.2 Å². The minimum absolute atomic E-state index is 0.110. The summed E-state index contributed by atoms with van der Waals surface area (Å²) in [6, 6.07) is -3.06. The number of nitrogens with one attached hydrogen (secondary N) is 2. The molecule has 0 aromatic carbocycles. The molecule has 1 fully saturated rings. The second-order valence-electron chi connectivity index (χ2n) is 9.04. The van der Waals surface area contributed by atoms with Gasteiger partial charge in [0.1, 0.15) is 42.7 Å². The first-order valence-corrected chi connectivity index (χ1v) is 10.9. The molecule has 0 amide bonds. The van der Waals surface area contributed by atoms with E-state index in [1.165, 1.54) is 6.33 Å². The predicted octanol–water partition coefficient (Wildman–Crippen LogP) is -0.664. The van der Waals surface area contributed by atoms with E-state index in [0.717, 1.165) is 0 Å². The number of hydrogen-bond donors (Lipinski definition) is 6. The third-order valence-electron chi connectivity index (χ3n) is 5.96. The molecular formula is C21H33N7O5. The van der Waals surface area contributed by atoms with E-state index in [1.54, 1.807) is 20.0 Å². The Hall–Kier alpha value is -2.80. The van der Waals surface area contributed by atoms with Crippen molar-refractivity contribution in [3.05, 3.63) is 18.1 Å². The molecule has 6 atom stereocenters. The predicted molar refractivity (Wildman–Crippen MR) is 120 cm³/mol. The van der Waals surface area contributed by atoms with Gasteiger partial charge in [-0.05, 0) is 11.8 Å². The number of ether oxygens (including phenoxy) is 2. The van der Waals surface area contributed by atoms with Crippen LogP contribution in [-0.4, -0.2) is 68.9 Å². The summed E-state index contributed by atoms with van der Waals surface area (Å²) in [7, 11) is 0. The molecule has 1 saturated heterocycles. The smallest absolute Gasteiger partial charge is 0.323 e. The van der Waals surface area contributed by atoms with E-state index < -0.39 is 48.3 Å². The number of fused-ring (bicyclic) bond motifs is 1. The zero-order valence-corrected chi connectivity index (χ0v) is 19.2. The van der Waals surface area contributed by atoms with E-state index in [1.807, 2.05) is 13.8 Å². The van der Waals surface area contributed by atoms with Crippen molar-refractivity contribution in [3.63, 3.8) is 0 Å². The molecule has 12 nitrogen and oxygen atoms in total. The minimum Gasteiger partial charge on any atom is -0.463 e. The highest BCUT2D eigenvalue weighted by molar-refractivity contribution is 5.87. The van der Waals surface area contributed by atoms with Crippen LogP contribution in [0.4, 0.5) is 5.82 Å². The molecule has 3 heterocycles. The Bertz CT molecular complexity index is 995. The number of nitrogens with zero attached hydrogens (tertiary/aromatic N) is 2.